The van der Waals surface area contributed by atoms with Crippen LogP contribution in [0.15, 0.2) is 35.6 Å². The van der Waals surface area contributed by atoms with Gasteiger partial charge in [-0.25, -0.2) is 9.78 Å². The number of imidazole rings is 1. The molecule has 0 bridgehead atoms. The summed E-state index contributed by atoms with van der Waals surface area (Å²) < 4.78 is 1.71. The highest BCUT2D eigenvalue weighted by atomic mass is 16.1. The summed E-state index contributed by atoms with van der Waals surface area (Å²) in [5, 5.41) is 0. The lowest BCUT2D eigenvalue weighted by Gasteiger charge is -1.94. The number of aliphatic imine (C=N–C) groups is 1. The number of nitrogens with zero attached hydrogens (tertiary/aromatic N) is 3. The number of hydrogen-bond donors (Lipinski definition) is 0. The van der Waals surface area contributed by atoms with Crippen LogP contribution in [0.1, 0.15) is 0 Å². The molecule has 2 aromatic rings. The van der Waals surface area contributed by atoms with Gasteiger partial charge in [-0.15, -0.1) is 4.99 Å². The molecule has 0 aliphatic carbocycles. The fourth-order valence-electron chi connectivity index (χ4n) is 1.07. The van der Waals surface area contributed by atoms with Crippen LogP contribution in [-0.2, 0) is 4.79 Å². The van der Waals surface area contributed by atoms with Crippen molar-refractivity contribution in [3.8, 4) is 0 Å². The lowest BCUT2D eigenvalue weighted by atomic mass is 10.4. The second-order valence-electron chi connectivity index (χ2n) is 2.24. The first-order valence-electron chi connectivity index (χ1n) is 3.42. The van der Waals surface area contributed by atoms with Crippen LogP contribution in [-0.4, -0.2) is 15.5 Å². The van der Waals surface area contributed by atoms with Gasteiger partial charge in [-0.05, 0) is 12.1 Å². The zero-order valence-electron chi connectivity index (χ0n) is 6.14. The number of carbonyl (C=O) groups excluding carboxylic acids is 1. The summed E-state index contributed by atoms with van der Waals surface area (Å²) >= 11 is 0. The first kappa shape index (κ1) is 6.76. The van der Waals surface area contributed by atoms with Gasteiger partial charge >= 0.3 is 0 Å². The molecule has 0 atom stereocenters. The summed E-state index contributed by atoms with van der Waals surface area (Å²) in [4.78, 5) is 17.6. The van der Waals surface area contributed by atoms with Crippen molar-refractivity contribution >= 4 is 17.5 Å². The average Bonchev–Trinajstić information content (AvgIpc) is 2.53. The SMILES string of the molecule is O=C=Nc1cccc2nccn12. The quantitative estimate of drug-likeness (QED) is 0.465. The van der Waals surface area contributed by atoms with Gasteiger partial charge < -0.3 is 0 Å². The highest BCUT2D eigenvalue weighted by molar-refractivity contribution is 5.51. The average molecular weight is 159 g/mol. The van der Waals surface area contributed by atoms with Crippen LogP contribution in [0.2, 0.25) is 0 Å². The summed E-state index contributed by atoms with van der Waals surface area (Å²) in [7, 11) is 0. The Morgan fingerprint density at radius 2 is 2.42 bits per heavy atom. The summed E-state index contributed by atoms with van der Waals surface area (Å²) in [5.74, 6) is 0.542. The van der Waals surface area contributed by atoms with E-state index in [1.54, 1.807) is 28.9 Å². The van der Waals surface area contributed by atoms with E-state index < -0.39 is 0 Å². The molecular weight excluding hydrogens is 154 g/mol. The minimum atomic E-state index is 0.542. The topological polar surface area (TPSA) is 46.7 Å². The Labute approximate surface area is 68.2 Å². The van der Waals surface area contributed by atoms with E-state index in [2.05, 4.69) is 9.98 Å². The molecule has 0 unspecified atom stereocenters. The van der Waals surface area contributed by atoms with E-state index in [9.17, 15) is 4.79 Å². The molecule has 0 amide bonds. The molecule has 0 radical (unpaired) electrons. The molecule has 12 heavy (non-hydrogen) atoms. The van der Waals surface area contributed by atoms with Gasteiger partial charge in [0, 0.05) is 12.4 Å². The lowest BCUT2D eigenvalue weighted by Crippen LogP contribution is -1.82. The predicted molar refractivity (Wildman–Crippen MR) is 43.0 cm³/mol. The van der Waals surface area contributed by atoms with Crippen LogP contribution in [0.25, 0.3) is 5.65 Å². The Morgan fingerprint density at radius 3 is 3.25 bits per heavy atom. The molecule has 0 aliphatic heterocycles. The molecule has 2 heterocycles. The van der Waals surface area contributed by atoms with E-state index in [4.69, 9.17) is 0 Å². The van der Waals surface area contributed by atoms with E-state index >= 15 is 0 Å². The van der Waals surface area contributed by atoms with Crippen LogP contribution >= 0.6 is 0 Å². The molecule has 0 saturated heterocycles. The van der Waals surface area contributed by atoms with Crippen LogP contribution in [0.4, 0.5) is 5.82 Å². The molecule has 0 spiro atoms. The van der Waals surface area contributed by atoms with Gasteiger partial charge in [-0.2, -0.15) is 0 Å². The Morgan fingerprint density at radius 1 is 1.50 bits per heavy atom. The highest BCUT2D eigenvalue weighted by Crippen LogP contribution is 2.12. The largest absolute Gasteiger partial charge is 0.284 e. The predicted octanol–water partition coefficient (Wildman–Crippen LogP) is 1.30. The van der Waals surface area contributed by atoms with Crippen molar-refractivity contribution in [1.82, 2.24) is 9.38 Å². The number of rotatable bonds is 1. The second-order valence-corrected chi connectivity index (χ2v) is 2.24. The van der Waals surface area contributed by atoms with Crippen molar-refractivity contribution in [3.05, 3.63) is 30.6 Å². The zero-order valence-corrected chi connectivity index (χ0v) is 6.14. The third kappa shape index (κ3) is 0.909. The number of hydrogen-bond acceptors (Lipinski definition) is 3. The van der Waals surface area contributed by atoms with Crippen molar-refractivity contribution in [2.24, 2.45) is 4.99 Å². The molecule has 4 nitrogen and oxygen atoms in total. The van der Waals surface area contributed by atoms with Gasteiger partial charge in [-0.1, -0.05) is 6.07 Å². The molecular formula is C8H5N3O. The fourth-order valence-corrected chi connectivity index (χ4v) is 1.07. The molecule has 2 rings (SSSR count). The summed E-state index contributed by atoms with van der Waals surface area (Å²) in [5.41, 5.74) is 0.770. The second kappa shape index (κ2) is 2.60. The van der Waals surface area contributed by atoms with Crippen molar-refractivity contribution < 1.29 is 4.79 Å². The van der Waals surface area contributed by atoms with Crippen LogP contribution in [0, 0.1) is 0 Å². The van der Waals surface area contributed by atoms with E-state index in [0.717, 1.165) is 5.65 Å². The first-order chi connectivity index (χ1) is 5.92. The zero-order chi connectivity index (χ0) is 8.39. The van der Waals surface area contributed by atoms with Gasteiger partial charge in [0.05, 0.1) is 0 Å². The number of fused-ring (bicyclic) bond motifs is 1. The Hall–Kier alpha value is -1.93. The highest BCUT2D eigenvalue weighted by Gasteiger charge is 1.96. The van der Waals surface area contributed by atoms with Gasteiger partial charge in [0.2, 0.25) is 6.08 Å². The standard InChI is InChI=1S/C8H5N3O/c12-6-10-8-3-1-2-7-9-4-5-11(7)8/h1-5H. The van der Waals surface area contributed by atoms with E-state index in [-0.39, 0.29) is 0 Å². The molecule has 0 saturated carbocycles. The summed E-state index contributed by atoms with van der Waals surface area (Å²) in [6.07, 6.45) is 4.89. The van der Waals surface area contributed by atoms with Crippen molar-refractivity contribution in [1.29, 1.82) is 0 Å². The minimum absolute atomic E-state index is 0.542. The molecule has 2 aromatic heterocycles. The van der Waals surface area contributed by atoms with Crippen LogP contribution < -0.4 is 0 Å². The first-order valence-corrected chi connectivity index (χ1v) is 3.42. The maximum absolute atomic E-state index is 10.0. The normalized spacial score (nSPS) is 9.67. The fraction of sp³-hybridized carbons (Fsp3) is 0. The third-order valence-electron chi connectivity index (χ3n) is 1.57. The van der Waals surface area contributed by atoms with Crippen molar-refractivity contribution in [3.63, 3.8) is 0 Å². The van der Waals surface area contributed by atoms with Gasteiger partial charge in [0.15, 0.2) is 5.82 Å². The van der Waals surface area contributed by atoms with Gasteiger partial charge in [0.25, 0.3) is 0 Å². The molecule has 58 valence electrons. The molecule has 0 aliphatic rings. The molecule has 0 fully saturated rings. The number of isocyanates is 1. The number of aromatic nitrogens is 2. The monoisotopic (exact) mass is 159 g/mol. The molecule has 0 N–H and O–H groups in total. The summed E-state index contributed by atoms with van der Waals surface area (Å²) in [6, 6.07) is 5.35. The Bertz CT molecular complexity index is 454. The third-order valence-corrected chi connectivity index (χ3v) is 1.57. The molecule has 0 aromatic carbocycles. The lowest BCUT2D eigenvalue weighted by molar-refractivity contribution is 0.565. The van der Waals surface area contributed by atoms with Crippen molar-refractivity contribution in [2.45, 2.75) is 0 Å². The molecule has 4 heteroatoms. The van der Waals surface area contributed by atoms with Crippen molar-refractivity contribution in [2.75, 3.05) is 0 Å². The minimum Gasteiger partial charge on any atom is -0.284 e. The van der Waals surface area contributed by atoms with Crippen LogP contribution in [0.5, 0.6) is 0 Å². The van der Waals surface area contributed by atoms with Gasteiger partial charge in [-0.3, -0.25) is 4.40 Å². The smallest absolute Gasteiger partial charge is 0.242 e. The van der Waals surface area contributed by atoms with E-state index in [0.29, 0.717) is 5.82 Å². The van der Waals surface area contributed by atoms with Crippen LogP contribution in [0.3, 0.4) is 0 Å². The maximum Gasteiger partial charge on any atom is 0.242 e. The maximum atomic E-state index is 10.0. The van der Waals surface area contributed by atoms with Gasteiger partial charge in [0.1, 0.15) is 5.65 Å². The number of pyridine rings is 1. The van der Waals surface area contributed by atoms with E-state index in [1.807, 2.05) is 6.07 Å². The summed E-state index contributed by atoms with van der Waals surface area (Å²) in [6.45, 7) is 0. The van der Waals surface area contributed by atoms with E-state index in [1.165, 1.54) is 6.08 Å². The Balaban J connectivity index is 2.81. The Kier molecular flexibility index (Phi) is 1.47.